The number of rotatable bonds is 16. The van der Waals surface area contributed by atoms with Gasteiger partial charge in [0.05, 0.1) is 18.9 Å². The second-order valence-corrected chi connectivity index (χ2v) is 13.8. The number of ether oxygens (including phenoxy) is 1. The number of carbonyl (C=O) groups is 1. The molecule has 0 spiro atoms. The lowest BCUT2D eigenvalue weighted by Gasteiger charge is -2.24. The van der Waals surface area contributed by atoms with Gasteiger partial charge in [-0.2, -0.15) is 0 Å². The van der Waals surface area contributed by atoms with Crippen LogP contribution in [0.4, 0.5) is 0 Å². The van der Waals surface area contributed by atoms with Gasteiger partial charge in [0.25, 0.3) is 0 Å². The normalized spacial score (nSPS) is 17.0. The molecule has 0 saturated heterocycles. The molecule has 0 aliphatic heterocycles. The molecule has 0 aromatic carbocycles. The molecule has 6 heteroatoms. The lowest BCUT2D eigenvalue weighted by molar-refractivity contribution is -0.140. The highest BCUT2D eigenvalue weighted by Crippen LogP contribution is 2.30. The van der Waals surface area contributed by atoms with Crippen LogP contribution >= 0.6 is 0 Å². The Balaban J connectivity index is 2.75. The molecule has 1 aliphatic carbocycles. The summed E-state index contributed by atoms with van der Waals surface area (Å²) in [4.78, 5) is 16.3. The molecule has 0 amide bonds. The third-order valence-corrected chi connectivity index (χ3v) is 6.47. The minimum absolute atomic E-state index is 0.116. The topological polar surface area (TPSA) is 57.1 Å². The fraction of sp³-hybridized carbons (Fsp3) is 0.760. The van der Waals surface area contributed by atoms with Crippen LogP contribution in [0.25, 0.3) is 0 Å². The van der Waals surface area contributed by atoms with Crippen molar-refractivity contribution in [3.05, 3.63) is 23.3 Å². The Labute approximate surface area is 191 Å². The number of nitrogens with zero attached hydrogens (tertiary/aromatic N) is 1. The third kappa shape index (κ3) is 12.3. The Bertz CT molecular complexity index is 620. The molecule has 0 radical (unpaired) electrons. The second kappa shape index (κ2) is 15.4. The van der Waals surface area contributed by atoms with Gasteiger partial charge in [-0.05, 0) is 69.3 Å². The van der Waals surface area contributed by atoms with Crippen LogP contribution in [-0.4, -0.2) is 40.3 Å². The zero-order valence-corrected chi connectivity index (χ0v) is 21.8. The molecule has 0 N–H and O–H groups in total. The summed E-state index contributed by atoms with van der Waals surface area (Å²) in [5, 5.41) is 4.29. The fourth-order valence-electron chi connectivity index (χ4n) is 3.93. The van der Waals surface area contributed by atoms with Gasteiger partial charge in [-0.15, -0.1) is 0 Å². The summed E-state index contributed by atoms with van der Waals surface area (Å²) in [6, 6.07) is 0. The van der Waals surface area contributed by atoms with Gasteiger partial charge < -0.3 is 14.0 Å². The van der Waals surface area contributed by atoms with Gasteiger partial charge >= 0.3 is 5.97 Å². The van der Waals surface area contributed by atoms with E-state index in [1.165, 1.54) is 37.5 Å². The summed E-state index contributed by atoms with van der Waals surface area (Å²) < 4.78 is 11.2. The second-order valence-electron chi connectivity index (χ2n) is 9.34. The van der Waals surface area contributed by atoms with E-state index in [9.17, 15) is 4.79 Å². The first-order valence-electron chi connectivity index (χ1n) is 12.1. The van der Waals surface area contributed by atoms with Crippen molar-refractivity contribution < 1.29 is 18.8 Å². The molecule has 0 bridgehead atoms. The number of unbranched alkanes of at least 4 members (excludes halogenated alkanes) is 5. The molecule has 1 aliphatic rings. The van der Waals surface area contributed by atoms with E-state index >= 15 is 0 Å². The highest BCUT2D eigenvalue weighted by atomic mass is 28.4. The van der Waals surface area contributed by atoms with Crippen molar-refractivity contribution in [2.75, 3.05) is 14.2 Å². The highest BCUT2D eigenvalue weighted by molar-refractivity contribution is 6.69. The van der Waals surface area contributed by atoms with Crippen molar-refractivity contribution in [2.24, 2.45) is 5.16 Å². The predicted molar refractivity (Wildman–Crippen MR) is 132 cm³/mol. The summed E-state index contributed by atoms with van der Waals surface area (Å²) in [7, 11) is 1.48. The van der Waals surface area contributed by atoms with Gasteiger partial charge in [-0.1, -0.05) is 56.3 Å². The average Bonchev–Trinajstić information content (AvgIpc) is 3.09. The average molecular weight is 452 g/mol. The summed E-state index contributed by atoms with van der Waals surface area (Å²) >= 11 is 0. The van der Waals surface area contributed by atoms with E-state index in [0.29, 0.717) is 6.42 Å². The Morgan fingerprint density at radius 2 is 1.81 bits per heavy atom. The lowest BCUT2D eigenvalue weighted by atomic mass is 10.0. The number of hydrogen-bond acceptors (Lipinski definition) is 5. The monoisotopic (exact) mass is 451 g/mol. The van der Waals surface area contributed by atoms with Crippen molar-refractivity contribution in [2.45, 2.75) is 110 Å². The number of esters is 1. The molecule has 178 valence electrons. The van der Waals surface area contributed by atoms with E-state index in [0.717, 1.165) is 57.1 Å². The van der Waals surface area contributed by atoms with Crippen molar-refractivity contribution in [1.82, 2.24) is 0 Å². The molecule has 1 rings (SSSR count). The zero-order chi connectivity index (χ0) is 23.1. The molecule has 1 atom stereocenters. The first-order valence-corrected chi connectivity index (χ1v) is 15.5. The van der Waals surface area contributed by atoms with E-state index in [1.807, 2.05) is 0 Å². The first kappa shape index (κ1) is 27.6. The first-order chi connectivity index (χ1) is 14.8. The summed E-state index contributed by atoms with van der Waals surface area (Å²) in [5.41, 5.74) is 3.81. The molecule has 0 saturated carbocycles. The molecule has 0 aromatic heterocycles. The maximum atomic E-state index is 11.2. The van der Waals surface area contributed by atoms with Crippen LogP contribution < -0.4 is 0 Å². The Morgan fingerprint density at radius 1 is 1.06 bits per heavy atom. The van der Waals surface area contributed by atoms with Crippen molar-refractivity contribution in [3.63, 3.8) is 0 Å². The Kier molecular flexibility index (Phi) is 13.7. The molecule has 0 aromatic rings. The quantitative estimate of drug-likeness (QED) is 0.110. The molecule has 0 unspecified atom stereocenters. The maximum absolute atomic E-state index is 11.2. The third-order valence-electron chi connectivity index (χ3n) is 5.46. The molecular weight excluding hydrogens is 406 g/mol. The van der Waals surface area contributed by atoms with Gasteiger partial charge in [-0.25, -0.2) is 0 Å². The molecule has 5 nitrogen and oxygen atoms in total. The van der Waals surface area contributed by atoms with Gasteiger partial charge in [0.2, 0.25) is 0 Å². The lowest BCUT2D eigenvalue weighted by Crippen LogP contribution is -2.31. The van der Waals surface area contributed by atoms with Gasteiger partial charge in [-0.3, -0.25) is 4.79 Å². The standard InChI is InChI=1S/C25H45NO4Si/c1-7-8-11-14-22(30-31(4,5)6)19-17-21-18-20-24(26-29-3)23(21)15-12-9-10-13-16-25(27)28-2/h17,19,22H,7-16,18,20H2,1-6H3/b19-17+,26-24?/t22-/m0/s1. The summed E-state index contributed by atoms with van der Waals surface area (Å²) in [6.45, 7) is 9.03. The van der Waals surface area contributed by atoms with Crippen LogP contribution in [0.15, 0.2) is 28.5 Å². The summed E-state index contributed by atoms with van der Waals surface area (Å²) in [6.07, 6.45) is 17.2. The largest absolute Gasteiger partial charge is 0.469 e. The number of methoxy groups -OCH3 is 1. The number of hydrogen-bond donors (Lipinski definition) is 0. The number of allylic oxidation sites excluding steroid dienone is 3. The van der Waals surface area contributed by atoms with Crippen LogP contribution in [0.2, 0.25) is 19.6 Å². The van der Waals surface area contributed by atoms with E-state index in [1.54, 1.807) is 7.11 Å². The minimum Gasteiger partial charge on any atom is -0.469 e. The molecular formula is C25H45NO4Si. The maximum Gasteiger partial charge on any atom is 0.305 e. The smallest absolute Gasteiger partial charge is 0.305 e. The van der Waals surface area contributed by atoms with Crippen molar-refractivity contribution >= 4 is 20.0 Å². The molecule has 31 heavy (non-hydrogen) atoms. The molecule has 0 fully saturated rings. The molecule has 0 heterocycles. The zero-order valence-electron chi connectivity index (χ0n) is 20.8. The van der Waals surface area contributed by atoms with Gasteiger partial charge in [0.15, 0.2) is 8.32 Å². The van der Waals surface area contributed by atoms with Gasteiger partial charge in [0.1, 0.15) is 7.11 Å². The highest BCUT2D eigenvalue weighted by Gasteiger charge is 2.22. The SMILES string of the molecule is CCCCC[C@@H](/C=C/C1=C(CCCCCCC(=O)OC)C(=NOC)CC1)O[Si](C)(C)C. The summed E-state index contributed by atoms with van der Waals surface area (Å²) in [5.74, 6) is -0.116. The van der Waals surface area contributed by atoms with E-state index in [-0.39, 0.29) is 12.1 Å². The van der Waals surface area contributed by atoms with Crippen molar-refractivity contribution in [3.8, 4) is 0 Å². The van der Waals surface area contributed by atoms with E-state index in [2.05, 4.69) is 43.9 Å². The number of carbonyl (C=O) groups excluding carboxylic acids is 1. The van der Waals surface area contributed by atoms with Crippen LogP contribution in [0.1, 0.15) is 84.0 Å². The van der Waals surface area contributed by atoms with Gasteiger partial charge in [0, 0.05) is 6.42 Å². The Morgan fingerprint density at radius 3 is 2.45 bits per heavy atom. The van der Waals surface area contributed by atoms with E-state index < -0.39 is 8.32 Å². The number of oxime groups is 1. The minimum atomic E-state index is -1.59. The fourth-order valence-corrected chi connectivity index (χ4v) is 5.04. The van der Waals surface area contributed by atoms with Crippen LogP contribution in [0.3, 0.4) is 0 Å². The predicted octanol–water partition coefficient (Wildman–Crippen LogP) is 6.95. The Hall–Kier alpha value is -1.40. The van der Waals surface area contributed by atoms with Crippen LogP contribution in [0.5, 0.6) is 0 Å². The van der Waals surface area contributed by atoms with Crippen molar-refractivity contribution in [1.29, 1.82) is 0 Å². The van der Waals surface area contributed by atoms with Crippen LogP contribution in [-0.2, 0) is 18.8 Å². The van der Waals surface area contributed by atoms with Crippen LogP contribution in [0, 0.1) is 0 Å². The van der Waals surface area contributed by atoms with E-state index in [4.69, 9.17) is 14.0 Å².